The summed E-state index contributed by atoms with van der Waals surface area (Å²) in [6.07, 6.45) is 3.94. The Bertz CT molecular complexity index is 946. The van der Waals surface area contributed by atoms with E-state index in [4.69, 9.17) is 15.2 Å². The van der Waals surface area contributed by atoms with E-state index in [1.807, 2.05) is 42.5 Å². The number of rotatable bonds is 5. The number of para-hydroxylation sites is 2. The average Bonchev–Trinajstić information content (AvgIpc) is 3.00. The van der Waals surface area contributed by atoms with E-state index in [-0.39, 0.29) is 11.8 Å². The molecule has 138 valence electrons. The van der Waals surface area contributed by atoms with E-state index in [1.54, 1.807) is 0 Å². The summed E-state index contributed by atoms with van der Waals surface area (Å²) in [7, 11) is 0. The number of aromatic nitrogens is 1. The molecular formula is C22H23N3O2. The van der Waals surface area contributed by atoms with Crippen molar-refractivity contribution in [2.24, 2.45) is 11.7 Å². The third-order valence-electron chi connectivity index (χ3n) is 5.29. The van der Waals surface area contributed by atoms with Crippen molar-refractivity contribution in [3.63, 3.8) is 0 Å². The maximum absolute atomic E-state index is 9.27. The summed E-state index contributed by atoms with van der Waals surface area (Å²) in [5, 5.41) is 10.4. The van der Waals surface area contributed by atoms with Crippen LogP contribution in [0.4, 0.5) is 0 Å². The van der Waals surface area contributed by atoms with Crippen LogP contribution in [0.5, 0.6) is 11.5 Å². The fraction of sp³-hybridized carbons (Fsp3) is 0.318. The number of benzene rings is 2. The molecule has 2 aromatic carbocycles. The van der Waals surface area contributed by atoms with Crippen molar-refractivity contribution in [1.82, 2.24) is 4.98 Å². The van der Waals surface area contributed by atoms with E-state index in [9.17, 15) is 5.26 Å². The summed E-state index contributed by atoms with van der Waals surface area (Å²) in [6.45, 7) is 1.84. The quantitative estimate of drug-likeness (QED) is 0.721. The SMILES string of the molecule is N#Cc1ccc2[nH]cc(C(CCCN)C3COc4ccccc4OC3)c2c1. The van der Waals surface area contributed by atoms with Crippen molar-refractivity contribution in [3.8, 4) is 17.6 Å². The molecule has 3 N–H and O–H groups in total. The van der Waals surface area contributed by atoms with E-state index in [1.165, 1.54) is 5.56 Å². The Hall–Kier alpha value is -2.97. The van der Waals surface area contributed by atoms with Crippen LogP contribution in [0, 0.1) is 17.2 Å². The summed E-state index contributed by atoms with van der Waals surface area (Å²) in [5.74, 6) is 2.03. The molecule has 27 heavy (non-hydrogen) atoms. The Balaban J connectivity index is 1.67. The minimum Gasteiger partial charge on any atom is -0.489 e. The van der Waals surface area contributed by atoms with Gasteiger partial charge in [0.1, 0.15) is 0 Å². The Morgan fingerprint density at radius 1 is 1.15 bits per heavy atom. The molecule has 1 aliphatic heterocycles. The molecule has 0 bridgehead atoms. The molecule has 0 amide bonds. The Labute approximate surface area is 158 Å². The lowest BCUT2D eigenvalue weighted by Gasteiger charge is -2.25. The van der Waals surface area contributed by atoms with Gasteiger partial charge in [-0.3, -0.25) is 0 Å². The van der Waals surface area contributed by atoms with E-state index in [0.29, 0.717) is 25.3 Å². The van der Waals surface area contributed by atoms with Gasteiger partial charge in [-0.1, -0.05) is 12.1 Å². The summed E-state index contributed by atoms with van der Waals surface area (Å²) >= 11 is 0. The van der Waals surface area contributed by atoms with E-state index < -0.39 is 0 Å². The molecule has 3 aromatic rings. The van der Waals surface area contributed by atoms with Gasteiger partial charge < -0.3 is 20.2 Å². The van der Waals surface area contributed by atoms with E-state index >= 15 is 0 Å². The Kier molecular flexibility index (Phi) is 4.99. The van der Waals surface area contributed by atoms with Crippen molar-refractivity contribution in [1.29, 1.82) is 5.26 Å². The molecule has 5 heteroatoms. The highest BCUT2D eigenvalue weighted by Crippen LogP contribution is 2.38. The second-order valence-electron chi connectivity index (χ2n) is 6.98. The number of fused-ring (bicyclic) bond motifs is 2. The maximum Gasteiger partial charge on any atom is 0.161 e. The van der Waals surface area contributed by atoms with Crippen LogP contribution in [0.25, 0.3) is 10.9 Å². The zero-order valence-electron chi connectivity index (χ0n) is 15.2. The molecule has 0 fully saturated rings. The second-order valence-corrected chi connectivity index (χ2v) is 6.98. The zero-order chi connectivity index (χ0) is 18.6. The minimum atomic E-state index is 0.202. The van der Waals surface area contributed by atoms with Crippen LogP contribution in [-0.4, -0.2) is 24.7 Å². The molecular weight excluding hydrogens is 338 g/mol. The van der Waals surface area contributed by atoms with Gasteiger partial charge in [0, 0.05) is 23.0 Å². The standard InChI is InChI=1S/C22H23N3O2/c23-9-3-4-17(16-13-26-21-5-1-2-6-22(21)27-14-16)19-12-25-20-8-7-15(11-24)10-18(19)20/h1-2,5-8,10,12,16-17,25H,3-4,9,13-14,23H2. The lowest BCUT2D eigenvalue weighted by Crippen LogP contribution is -2.25. The molecule has 0 saturated carbocycles. The molecule has 1 aliphatic rings. The number of nitrogens with zero attached hydrogens (tertiary/aromatic N) is 1. The van der Waals surface area contributed by atoms with Gasteiger partial charge in [-0.2, -0.15) is 5.26 Å². The fourth-order valence-electron chi connectivity index (χ4n) is 3.86. The summed E-state index contributed by atoms with van der Waals surface area (Å²) < 4.78 is 12.1. The van der Waals surface area contributed by atoms with Crippen LogP contribution in [-0.2, 0) is 0 Å². The fourth-order valence-corrected chi connectivity index (χ4v) is 3.86. The summed E-state index contributed by atoms with van der Waals surface area (Å²) in [4.78, 5) is 3.35. The number of hydrogen-bond acceptors (Lipinski definition) is 4. The normalized spacial score (nSPS) is 15.3. The molecule has 1 unspecified atom stereocenters. The number of nitrogens with one attached hydrogen (secondary N) is 1. The van der Waals surface area contributed by atoms with Gasteiger partial charge in [0.2, 0.25) is 0 Å². The number of ether oxygens (including phenoxy) is 2. The van der Waals surface area contributed by atoms with Crippen LogP contribution in [0.15, 0.2) is 48.7 Å². The zero-order valence-corrected chi connectivity index (χ0v) is 15.2. The number of H-pyrrole nitrogens is 1. The van der Waals surface area contributed by atoms with Crippen LogP contribution < -0.4 is 15.2 Å². The molecule has 4 rings (SSSR count). The van der Waals surface area contributed by atoms with Crippen LogP contribution in [0.2, 0.25) is 0 Å². The van der Waals surface area contributed by atoms with Crippen molar-refractivity contribution < 1.29 is 9.47 Å². The summed E-state index contributed by atoms with van der Waals surface area (Å²) in [5.41, 5.74) is 8.72. The van der Waals surface area contributed by atoms with Crippen LogP contribution in [0.1, 0.15) is 29.9 Å². The number of aromatic amines is 1. The molecule has 5 nitrogen and oxygen atoms in total. The van der Waals surface area contributed by atoms with Crippen LogP contribution >= 0.6 is 0 Å². The van der Waals surface area contributed by atoms with Gasteiger partial charge in [0.05, 0.1) is 24.8 Å². The highest BCUT2D eigenvalue weighted by Gasteiger charge is 2.29. The highest BCUT2D eigenvalue weighted by atomic mass is 16.5. The lowest BCUT2D eigenvalue weighted by atomic mass is 9.83. The van der Waals surface area contributed by atoms with Gasteiger partial charge in [0.15, 0.2) is 11.5 Å². The molecule has 2 heterocycles. The second kappa shape index (κ2) is 7.73. The Morgan fingerprint density at radius 3 is 2.56 bits per heavy atom. The van der Waals surface area contributed by atoms with Gasteiger partial charge in [-0.05, 0) is 61.2 Å². The molecule has 0 aliphatic carbocycles. The smallest absolute Gasteiger partial charge is 0.161 e. The number of nitriles is 1. The molecule has 0 spiro atoms. The third-order valence-corrected chi connectivity index (χ3v) is 5.29. The number of hydrogen-bond donors (Lipinski definition) is 2. The largest absolute Gasteiger partial charge is 0.489 e. The molecule has 0 radical (unpaired) electrons. The highest BCUT2D eigenvalue weighted by molar-refractivity contribution is 5.85. The van der Waals surface area contributed by atoms with Crippen molar-refractivity contribution in [2.45, 2.75) is 18.8 Å². The summed E-state index contributed by atoms with van der Waals surface area (Å²) in [6, 6.07) is 15.8. The van der Waals surface area contributed by atoms with Gasteiger partial charge in [-0.15, -0.1) is 0 Å². The molecule has 1 atom stereocenters. The van der Waals surface area contributed by atoms with Crippen molar-refractivity contribution in [3.05, 3.63) is 59.8 Å². The minimum absolute atomic E-state index is 0.202. The van der Waals surface area contributed by atoms with Gasteiger partial charge >= 0.3 is 0 Å². The first kappa shape index (κ1) is 17.4. The average molecular weight is 361 g/mol. The van der Waals surface area contributed by atoms with E-state index in [2.05, 4.69) is 17.3 Å². The van der Waals surface area contributed by atoms with E-state index in [0.717, 1.165) is 35.2 Å². The predicted octanol–water partition coefficient (Wildman–Crippen LogP) is 3.95. The van der Waals surface area contributed by atoms with Gasteiger partial charge in [-0.25, -0.2) is 0 Å². The number of nitrogens with two attached hydrogens (primary N) is 1. The predicted molar refractivity (Wildman–Crippen MR) is 105 cm³/mol. The van der Waals surface area contributed by atoms with Crippen molar-refractivity contribution in [2.75, 3.05) is 19.8 Å². The third kappa shape index (κ3) is 3.49. The first-order valence-electron chi connectivity index (χ1n) is 9.36. The first-order valence-corrected chi connectivity index (χ1v) is 9.36. The van der Waals surface area contributed by atoms with Crippen LogP contribution in [0.3, 0.4) is 0 Å². The first-order chi connectivity index (χ1) is 13.3. The monoisotopic (exact) mass is 361 g/mol. The maximum atomic E-state index is 9.27. The van der Waals surface area contributed by atoms with Crippen molar-refractivity contribution >= 4 is 10.9 Å². The van der Waals surface area contributed by atoms with Gasteiger partial charge in [0.25, 0.3) is 0 Å². The molecule has 0 saturated heterocycles. The molecule has 1 aromatic heterocycles. The Morgan fingerprint density at radius 2 is 1.89 bits per heavy atom. The topological polar surface area (TPSA) is 84.1 Å². The lowest BCUT2D eigenvalue weighted by molar-refractivity contribution is 0.183.